The molecule has 0 saturated carbocycles. The second kappa shape index (κ2) is 6.86. The summed E-state index contributed by atoms with van der Waals surface area (Å²) in [7, 11) is 0. The predicted molar refractivity (Wildman–Crippen MR) is 61.4 cm³/mol. The second-order valence-corrected chi connectivity index (χ2v) is 5.02. The fraction of sp³-hybridized carbons (Fsp3) is 0.818. The molecule has 0 aromatic rings. The van der Waals surface area contributed by atoms with E-state index in [2.05, 4.69) is 0 Å². The summed E-state index contributed by atoms with van der Waals surface area (Å²) in [4.78, 5) is 22.6. The first kappa shape index (κ1) is 15.4. The van der Waals surface area contributed by atoms with E-state index >= 15 is 0 Å². The molecule has 0 aliphatic rings. The van der Waals surface area contributed by atoms with Gasteiger partial charge in [0.15, 0.2) is 0 Å². The zero-order valence-electron chi connectivity index (χ0n) is 9.96. The highest BCUT2D eigenvalue weighted by molar-refractivity contribution is 6.17. The van der Waals surface area contributed by atoms with Gasteiger partial charge in [0.2, 0.25) is 0 Å². The monoisotopic (exact) mass is 250 g/mol. The molecule has 0 fully saturated rings. The molecule has 0 saturated heterocycles. The first-order valence-electron chi connectivity index (χ1n) is 5.22. The summed E-state index contributed by atoms with van der Waals surface area (Å²) in [5.74, 6) is -0.594. The van der Waals surface area contributed by atoms with Gasteiger partial charge in [0.1, 0.15) is 17.8 Å². The number of rotatable bonds is 6. The minimum absolute atomic E-state index is 0.0496. The highest BCUT2D eigenvalue weighted by atomic mass is 35.5. The van der Waals surface area contributed by atoms with E-state index in [1.165, 1.54) is 0 Å². The summed E-state index contributed by atoms with van der Waals surface area (Å²) < 4.78 is 4.98. The fourth-order valence-corrected chi connectivity index (χ4v) is 1.35. The Hall–Kier alpha value is -0.610. The van der Waals surface area contributed by atoms with Crippen LogP contribution in [0, 0.1) is 0 Å². The van der Waals surface area contributed by atoms with E-state index in [9.17, 15) is 14.7 Å². The minimum atomic E-state index is -0.771. The third-order valence-corrected chi connectivity index (χ3v) is 1.89. The van der Waals surface area contributed by atoms with Crippen molar-refractivity contribution in [3.8, 4) is 0 Å². The van der Waals surface area contributed by atoms with Crippen LogP contribution in [0.1, 0.15) is 40.0 Å². The number of ether oxygens (including phenoxy) is 1. The van der Waals surface area contributed by atoms with E-state index in [-0.39, 0.29) is 18.6 Å². The van der Waals surface area contributed by atoms with Gasteiger partial charge in [0, 0.05) is 12.3 Å². The summed E-state index contributed by atoms with van der Waals surface area (Å²) in [6, 6.07) is 0. The highest BCUT2D eigenvalue weighted by Crippen LogP contribution is 2.10. The van der Waals surface area contributed by atoms with E-state index in [1.54, 1.807) is 20.8 Å². The molecule has 1 N–H and O–H groups in total. The third-order valence-electron chi connectivity index (χ3n) is 1.67. The molecule has 0 bridgehead atoms. The number of hydrogen-bond donors (Lipinski definition) is 1. The number of esters is 1. The lowest BCUT2D eigenvalue weighted by Crippen LogP contribution is -2.26. The molecule has 0 aromatic heterocycles. The number of aliphatic hydroxyl groups is 1. The number of Topliss-reactive ketones (excluding diaryl/α,β-unsaturated/α-hetero) is 1. The summed E-state index contributed by atoms with van der Waals surface area (Å²) in [5.41, 5.74) is -0.591. The standard InChI is InChI=1S/C11H19ClO4/c1-11(2,3)16-10(15)7-9(14)6-8(13)4-5-12/h8,13H,4-7H2,1-3H3/t8-/m1/s1. The summed E-state index contributed by atoms with van der Waals surface area (Å²) >= 11 is 5.41. The first-order chi connectivity index (χ1) is 7.24. The van der Waals surface area contributed by atoms with Gasteiger partial charge in [-0.05, 0) is 27.2 Å². The Morgan fingerprint density at radius 2 is 1.94 bits per heavy atom. The predicted octanol–water partition coefficient (Wildman–Crippen LogP) is 1.67. The zero-order chi connectivity index (χ0) is 12.8. The average molecular weight is 251 g/mol. The van der Waals surface area contributed by atoms with Crippen LogP contribution in [0.2, 0.25) is 0 Å². The second-order valence-electron chi connectivity index (χ2n) is 4.64. The van der Waals surface area contributed by atoms with Crippen LogP contribution in [0.4, 0.5) is 0 Å². The normalized spacial score (nSPS) is 13.3. The van der Waals surface area contributed by atoms with Gasteiger partial charge in [-0.1, -0.05) is 0 Å². The summed E-state index contributed by atoms with van der Waals surface area (Å²) in [6.07, 6.45) is -0.767. The number of carbonyl (C=O) groups excluding carboxylic acids is 2. The molecule has 0 spiro atoms. The van der Waals surface area contributed by atoms with Gasteiger partial charge in [-0.3, -0.25) is 9.59 Å². The van der Waals surface area contributed by atoms with Crippen molar-refractivity contribution >= 4 is 23.4 Å². The molecule has 0 aliphatic heterocycles. The van der Waals surface area contributed by atoms with Gasteiger partial charge in [-0.25, -0.2) is 0 Å². The Morgan fingerprint density at radius 3 is 2.38 bits per heavy atom. The van der Waals surface area contributed by atoms with Crippen molar-refractivity contribution in [2.45, 2.75) is 51.7 Å². The SMILES string of the molecule is CC(C)(C)OC(=O)CC(=O)C[C@H](O)CCCl. The van der Waals surface area contributed by atoms with Gasteiger partial charge in [0.05, 0.1) is 6.10 Å². The van der Waals surface area contributed by atoms with Crippen LogP contribution >= 0.6 is 11.6 Å². The largest absolute Gasteiger partial charge is 0.460 e. The molecule has 1 atom stereocenters. The first-order valence-corrected chi connectivity index (χ1v) is 5.75. The van der Waals surface area contributed by atoms with Gasteiger partial charge < -0.3 is 9.84 Å². The van der Waals surface area contributed by atoms with Crippen LogP contribution in [0.15, 0.2) is 0 Å². The number of carbonyl (C=O) groups is 2. The molecule has 94 valence electrons. The van der Waals surface area contributed by atoms with Crippen molar-refractivity contribution < 1.29 is 19.4 Å². The van der Waals surface area contributed by atoms with Crippen molar-refractivity contribution in [1.82, 2.24) is 0 Å². The van der Waals surface area contributed by atoms with Crippen molar-refractivity contribution in [2.24, 2.45) is 0 Å². The zero-order valence-corrected chi connectivity index (χ0v) is 10.7. The molecule has 16 heavy (non-hydrogen) atoms. The van der Waals surface area contributed by atoms with Crippen molar-refractivity contribution in [2.75, 3.05) is 5.88 Å². The molecule has 5 heteroatoms. The van der Waals surface area contributed by atoms with E-state index < -0.39 is 17.7 Å². The number of hydrogen-bond acceptors (Lipinski definition) is 4. The number of alkyl halides is 1. The van der Waals surface area contributed by atoms with Crippen molar-refractivity contribution in [1.29, 1.82) is 0 Å². The van der Waals surface area contributed by atoms with Gasteiger partial charge >= 0.3 is 5.97 Å². The fourth-order valence-electron chi connectivity index (χ4n) is 1.10. The highest BCUT2D eigenvalue weighted by Gasteiger charge is 2.20. The summed E-state index contributed by atoms with van der Waals surface area (Å²) in [5, 5.41) is 9.31. The van der Waals surface area contributed by atoms with Gasteiger partial charge in [-0.15, -0.1) is 11.6 Å². The molecule has 0 heterocycles. The minimum Gasteiger partial charge on any atom is -0.460 e. The van der Waals surface area contributed by atoms with Crippen LogP contribution in [0.25, 0.3) is 0 Å². The van der Waals surface area contributed by atoms with Crippen molar-refractivity contribution in [3.05, 3.63) is 0 Å². The van der Waals surface area contributed by atoms with E-state index in [0.29, 0.717) is 12.3 Å². The van der Waals surface area contributed by atoms with Gasteiger partial charge in [-0.2, -0.15) is 0 Å². The molecule has 0 amide bonds. The average Bonchev–Trinajstić information content (AvgIpc) is 1.98. The molecule has 0 aromatic carbocycles. The Kier molecular flexibility index (Phi) is 6.60. The lowest BCUT2D eigenvalue weighted by atomic mass is 10.1. The molecule has 0 aliphatic carbocycles. The summed E-state index contributed by atoms with van der Waals surface area (Å²) in [6.45, 7) is 5.20. The molecule has 0 rings (SSSR count). The number of ketones is 1. The molecule has 4 nitrogen and oxygen atoms in total. The quantitative estimate of drug-likeness (QED) is 0.443. The number of aliphatic hydroxyl groups excluding tert-OH is 1. The lowest BCUT2D eigenvalue weighted by Gasteiger charge is -2.19. The topological polar surface area (TPSA) is 63.6 Å². The molecule has 0 radical (unpaired) electrons. The molecule has 0 unspecified atom stereocenters. The van der Waals surface area contributed by atoms with Crippen LogP contribution < -0.4 is 0 Å². The van der Waals surface area contributed by atoms with Gasteiger partial charge in [0.25, 0.3) is 0 Å². The van der Waals surface area contributed by atoms with Crippen LogP contribution in [0.5, 0.6) is 0 Å². The Bertz CT molecular complexity index is 245. The maximum Gasteiger partial charge on any atom is 0.313 e. The third kappa shape index (κ3) is 8.68. The molecular weight excluding hydrogens is 232 g/mol. The Labute approximate surface area is 101 Å². The Morgan fingerprint density at radius 1 is 1.38 bits per heavy atom. The van der Waals surface area contributed by atoms with Crippen LogP contribution in [0.3, 0.4) is 0 Å². The number of halogens is 1. The van der Waals surface area contributed by atoms with Crippen molar-refractivity contribution in [3.63, 3.8) is 0 Å². The lowest BCUT2D eigenvalue weighted by molar-refractivity contribution is -0.156. The molecular formula is C11H19ClO4. The van der Waals surface area contributed by atoms with Crippen LogP contribution in [-0.2, 0) is 14.3 Å². The smallest absolute Gasteiger partial charge is 0.313 e. The maximum absolute atomic E-state index is 11.3. The van der Waals surface area contributed by atoms with E-state index in [0.717, 1.165) is 0 Å². The maximum atomic E-state index is 11.3. The Balaban J connectivity index is 3.92. The van der Waals surface area contributed by atoms with Crippen LogP contribution in [-0.4, -0.2) is 34.4 Å². The van der Waals surface area contributed by atoms with E-state index in [4.69, 9.17) is 16.3 Å². The van der Waals surface area contributed by atoms with E-state index in [1.807, 2.05) is 0 Å².